The number of carbonyl (C=O) groups is 4. The Bertz CT molecular complexity index is 1030. The molecule has 0 unspecified atom stereocenters. The van der Waals surface area contributed by atoms with E-state index in [0.29, 0.717) is 31.3 Å². The molecule has 1 aliphatic rings. The normalized spacial score (nSPS) is 15.1. The van der Waals surface area contributed by atoms with E-state index >= 15 is 0 Å². The number of amides is 2. The van der Waals surface area contributed by atoms with Crippen LogP contribution in [0.15, 0.2) is 12.5 Å². The second-order valence-electron chi connectivity index (χ2n) is 7.45. The maximum Gasteiger partial charge on any atom is 0.326 e. The molecule has 0 aliphatic carbocycles. The zero-order valence-electron chi connectivity index (χ0n) is 17.9. The van der Waals surface area contributed by atoms with Gasteiger partial charge in [0, 0.05) is 32.3 Å². The number of aromatic amines is 1. The van der Waals surface area contributed by atoms with Crippen molar-refractivity contribution in [3.8, 4) is 11.5 Å². The summed E-state index contributed by atoms with van der Waals surface area (Å²) in [6.45, 7) is 4.45. The van der Waals surface area contributed by atoms with Crippen LogP contribution in [-0.4, -0.2) is 90.7 Å². The molecule has 1 aliphatic heterocycles. The topological polar surface area (TPSA) is 192 Å². The molecule has 2 aromatic rings. The molecule has 14 heteroatoms. The number of aromatic nitrogens is 4. The van der Waals surface area contributed by atoms with Gasteiger partial charge in [-0.3, -0.25) is 19.3 Å². The summed E-state index contributed by atoms with van der Waals surface area (Å²) in [5.41, 5.74) is 1.14. The molecule has 178 valence electrons. The minimum atomic E-state index is -1.59. The van der Waals surface area contributed by atoms with Crippen LogP contribution < -0.4 is 10.6 Å². The lowest BCUT2D eigenvalue weighted by Gasteiger charge is -2.25. The van der Waals surface area contributed by atoms with E-state index < -0.39 is 42.8 Å². The number of hydrogen-bond donors (Lipinski definition) is 5. The molecular weight excluding hydrogens is 438 g/mol. The number of hydrogen-bond acceptors (Lipinski definition) is 8. The highest BCUT2D eigenvalue weighted by molar-refractivity contribution is 5.92. The Hall–Kier alpha value is -3.78. The number of rotatable bonds is 10. The van der Waals surface area contributed by atoms with Crippen molar-refractivity contribution in [3.05, 3.63) is 18.2 Å². The number of morpholine rings is 1. The van der Waals surface area contributed by atoms with Crippen molar-refractivity contribution < 1.29 is 34.1 Å². The van der Waals surface area contributed by atoms with E-state index in [0.717, 1.165) is 18.8 Å². The number of aliphatic carboxylic acids is 2. The van der Waals surface area contributed by atoms with Crippen LogP contribution in [0.1, 0.15) is 19.0 Å². The molecule has 14 nitrogen and oxygen atoms in total. The second kappa shape index (κ2) is 10.7. The van der Waals surface area contributed by atoms with Crippen molar-refractivity contribution in [1.29, 1.82) is 0 Å². The average Bonchev–Trinajstić information content (AvgIpc) is 3.34. The third-order valence-corrected chi connectivity index (χ3v) is 4.81. The molecule has 1 saturated heterocycles. The van der Waals surface area contributed by atoms with E-state index in [4.69, 9.17) is 14.9 Å². The van der Waals surface area contributed by atoms with Gasteiger partial charge in [-0.05, 0) is 0 Å². The highest BCUT2D eigenvalue weighted by atomic mass is 16.5. The fraction of sp³-hybridized carbons (Fsp3) is 0.474. The number of H-pyrrole nitrogens is 1. The van der Waals surface area contributed by atoms with E-state index in [9.17, 15) is 19.2 Å². The summed E-state index contributed by atoms with van der Waals surface area (Å²) in [4.78, 5) is 60.0. The van der Waals surface area contributed by atoms with Crippen LogP contribution in [0.25, 0.3) is 11.5 Å². The molecule has 1 atom stereocenters. The van der Waals surface area contributed by atoms with E-state index in [1.165, 1.54) is 17.8 Å². The van der Waals surface area contributed by atoms with Crippen molar-refractivity contribution in [3.63, 3.8) is 0 Å². The first kappa shape index (κ1) is 23.9. The summed E-state index contributed by atoms with van der Waals surface area (Å²) in [5, 5.41) is 22.7. The van der Waals surface area contributed by atoms with Gasteiger partial charge >= 0.3 is 11.9 Å². The number of ether oxygens (including phenoxy) is 1. The van der Waals surface area contributed by atoms with Gasteiger partial charge in [-0.25, -0.2) is 14.8 Å². The van der Waals surface area contributed by atoms with Crippen LogP contribution in [0.4, 0.5) is 5.82 Å². The maximum absolute atomic E-state index is 12.4. The molecule has 0 bridgehead atoms. The molecule has 0 radical (unpaired) electrons. The number of nitrogens with one attached hydrogen (secondary N) is 3. The number of carboxylic acid groups (broad SMARTS) is 2. The fourth-order valence-corrected chi connectivity index (χ4v) is 3.30. The second-order valence-corrected chi connectivity index (χ2v) is 7.45. The third-order valence-electron chi connectivity index (χ3n) is 4.81. The van der Waals surface area contributed by atoms with Gasteiger partial charge in [-0.15, -0.1) is 0 Å². The Morgan fingerprint density at radius 1 is 1.21 bits per heavy atom. The first-order valence-electron chi connectivity index (χ1n) is 10.1. The van der Waals surface area contributed by atoms with Crippen molar-refractivity contribution in [2.45, 2.75) is 32.5 Å². The summed E-state index contributed by atoms with van der Waals surface area (Å²) >= 11 is 0. The molecule has 1 fully saturated rings. The fourth-order valence-electron chi connectivity index (χ4n) is 3.30. The molecule has 0 aromatic carbocycles. The van der Waals surface area contributed by atoms with E-state index in [2.05, 4.69) is 30.5 Å². The largest absolute Gasteiger partial charge is 0.481 e. The van der Waals surface area contributed by atoms with Gasteiger partial charge in [0.05, 0.1) is 32.2 Å². The predicted molar refractivity (Wildman–Crippen MR) is 112 cm³/mol. The van der Waals surface area contributed by atoms with Crippen molar-refractivity contribution >= 4 is 29.6 Å². The lowest BCUT2D eigenvalue weighted by molar-refractivity contribution is -0.147. The van der Waals surface area contributed by atoms with Gasteiger partial charge in [-0.1, -0.05) is 0 Å². The van der Waals surface area contributed by atoms with E-state index in [-0.39, 0.29) is 5.82 Å². The zero-order chi connectivity index (χ0) is 24.0. The number of carbonyl (C=O) groups excluding carboxylic acids is 2. The summed E-state index contributed by atoms with van der Waals surface area (Å²) in [7, 11) is 0. The predicted octanol–water partition coefficient (Wildman–Crippen LogP) is -0.892. The molecule has 33 heavy (non-hydrogen) atoms. The molecule has 3 heterocycles. The summed E-state index contributed by atoms with van der Waals surface area (Å²) in [6, 6.07) is -1.59. The maximum atomic E-state index is 12.4. The van der Waals surface area contributed by atoms with Crippen LogP contribution in [0, 0.1) is 0 Å². The molecule has 0 spiro atoms. The van der Waals surface area contributed by atoms with Crippen LogP contribution >= 0.6 is 0 Å². The summed E-state index contributed by atoms with van der Waals surface area (Å²) in [5.74, 6) is -3.43. The average molecular weight is 463 g/mol. The van der Waals surface area contributed by atoms with Crippen LogP contribution in [0.3, 0.4) is 0 Å². The molecule has 2 amide bonds. The quantitative estimate of drug-likeness (QED) is 0.295. The van der Waals surface area contributed by atoms with Gasteiger partial charge in [0.25, 0.3) is 0 Å². The molecular formula is C19H25N7O7. The van der Waals surface area contributed by atoms with Gasteiger partial charge in [0.2, 0.25) is 11.8 Å². The SMILES string of the molecule is CC(=O)Nc1c(-c2ncc(CN3CCOCC3)[nH]2)ncn1CC(=O)N[C@@H](CC(=O)O)C(=O)O. The Morgan fingerprint density at radius 2 is 1.94 bits per heavy atom. The zero-order valence-corrected chi connectivity index (χ0v) is 17.9. The Labute approximate surface area is 188 Å². The summed E-state index contributed by atoms with van der Waals surface area (Å²) < 4.78 is 6.66. The third kappa shape index (κ3) is 6.60. The van der Waals surface area contributed by atoms with Crippen LogP contribution in [0.2, 0.25) is 0 Å². The number of nitrogens with zero attached hydrogens (tertiary/aromatic N) is 4. The summed E-state index contributed by atoms with van der Waals surface area (Å²) in [6.07, 6.45) is 2.20. The number of carboxylic acids is 2. The van der Waals surface area contributed by atoms with Crippen molar-refractivity contribution in [1.82, 2.24) is 29.7 Å². The van der Waals surface area contributed by atoms with E-state index in [1.54, 1.807) is 6.20 Å². The standard InChI is InChI=1S/C19H25N7O7/c1-11(27)22-18-16(17-20-7-12(23-17)8-25-2-4-33-5-3-25)21-10-26(18)9-14(28)24-13(19(31)32)6-15(29)30/h7,10,13H,2-6,8-9H2,1H3,(H,20,23)(H,22,27)(H,24,28)(H,29,30)(H,31,32)/t13-/m0/s1. The molecule has 0 saturated carbocycles. The molecule has 2 aromatic heterocycles. The van der Waals surface area contributed by atoms with Crippen LogP contribution in [0.5, 0.6) is 0 Å². The molecule has 3 rings (SSSR count). The highest BCUT2D eigenvalue weighted by Gasteiger charge is 2.25. The number of imidazole rings is 2. The van der Waals surface area contributed by atoms with Crippen LogP contribution in [-0.2, 0) is 37.0 Å². The smallest absolute Gasteiger partial charge is 0.326 e. The Morgan fingerprint density at radius 3 is 2.58 bits per heavy atom. The monoisotopic (exact) mass is 463 g/mol. The van der Waals surface area contributed by atoms with Gasteiger partial charge in [-0.2, -0.15) is 0 Å². The highest BCUT2D eigenvalue weighted by Crippen LogP contribution is 2.25. The van der Waals surface area contributed by atoms with Crippen molar-refractivity contribution in [2.75, 3.05) is 31.6 Å². The first-order chi connectivity index (χ1) is 15.7. The Kier molecular flexibility index (Phi) is 7.74. The lowest BCUT2D eigenvalue weighted by atomic mass is 10.2. The van der Waals surface area contributed by atoms with Gasteiger partial charge in [0.15, 0.2) is 5.82 Å². The minimum Gasteiger partial charge on any atom is -0.481 e. The Balaban J connectivity index is 1.76. The first-order valence-corrected chi connectivity index (χ1v) is 10.1. The lowest BCUT2D eigenvalue weighted by Crippen LogP contribution is -2.43. The van der Waals surface area contributed by atoms with E-state index in [1.807, 2.05) is 0 Å². The van der Waals surface area contributed by atoms with Crippen molar-refractivity contribution in [2.24, 2.45) is 0 Å². The van der Waals surface area contributed by atoms with Gasteiger partial charge < -0.3 is 35.1 Å². The molecule has 5 N–H and O–H groups in total. The number of anilines is 1. The minimum absolute atomic E-state index is 0.190. The van der Waals surface area contributed by atoms with Gasteiger partial charge in [0.1, 0.15) is 24.1 Å².